The first-order valence-electron chi connectivity index (χ1n) is 12.5. The summed E-state index contributed by atoms with van der Waals surface area (Å²) in [4.78, 5) is -0.175. The molecule has 0 heterocycles. The van der Waals surface area contributed by atoms with Crippen molar-refractivity contribution in [2.24, 2.45) is 0 Å². The van der Waals surface area contributed by atoms with Gasteiger partial charge in [-0.15, -0.1) is 0 Å². The standard InChI is InChI=1S/C25H46N2O3S/c1-3-4-5-6-7-8-9-10-11-12-13-14-15-16-17-18-22(2)27-25-20-19-23(21-24(25)26)31(28,29)30/h19-22,27H,3-18,26H2,1-2H3,(H,28,29,30). The first kappa shape index (κ1) is 27.8. The van der Waals surface area contributed by atoms with Crippen molar-refractivity contribution >= 4 is 21.5 Å². The van der Waals surface area contributed by atoms with Crippen LogP contribution in [0.2, 0.25) is 0 Å². The van der Waals surface area contributed by atoms with Gasteiger partial charge in [0.25, 0.3) is 10.1 Å². The topological polar surface area (TPSA) is 92.4 Å². The van der Waals surface area contributed by atoms with Crippen LogP contribution >= 0.6 is 0 Å². The summed E-state index contributed by atoms with van der Waals surface area (Å²) >= 11 is 0. The maximum atomic E-state index is 11.2. The number of hydrogen-bond acceptors (Lipinski definition) is 4. The lowest BCUT2D eigenvalue weighted by Crippen LogP contribution is -2.16. The van der Waals surface area contributed by atoms with E-state index in [1.165, 1.54) is 108 Å². The molecule has 0 spiro atoms. The Kier molecular flexibility index (Phi) is 14.7. The third kappa shape index (κ3) is 13.7. The van der Waals surface area contributed by atoms with E-state index in [-0.39, 0.29) is 10.9 Å². The molecule has 0 saturated heterocycles. The molecule has 1 aromatic rings. The molecule has 0 amide bonds. The first-order chi connectivity index (χ1) is 14.8. The second-order valence-electron chi connectivity index (χ2n) is 9.01. The van der Waals surface area contributed by atoms with E-state index in [1.54, 1.807) is 6.07 Å². The van der Waals surface area contributed by atoms with Gasteiger partial charge in [-0.1, -0.05) is 103 Å². The molecule has 0 aromatic heterocycles. The highest BCUT2D eigenvalue weighted by atomic mass is 32.2. The van der Waals surface area contributed by atoms with Crippen molar-refractivity contribution in [1.29, 1.82) is 0 Å². The van der Waals surface area contributed by atoms with E-state index in [9.17, 15) is 8.42 Å². The van der Waals surface area contributed by atoms with E-state index in [4.69, 9.17) is 10.3 Å². The van der Waals surface area contributed by atoms with Gasteiger partial charge in [-0.2, -0.15) is 8.42 Å². The van der Waals surface area contributed by atoms with Crippen molar-refractivity contribution in [3.63, 3.8) is 0 Å². The molecule has 0 bridgehead atoms. The van der Waals surface area contributed by atoms with E-state index in [0.29, 0.717) is 11.4 Å². The summed E-state index contributed by atoms with van der Waals surface area (Å²) in [5.41, 5.74) is 6.95. The van der Waals surface area contributed by atoms with E-state index in [2.05, 4.69) is 19.2 Å². The average Bonchev–Trinajstić information content (AvgIpc) is 2.71. The van der Waals surface area contributed by atoms with Crippen LogP contribution in [-0.4, -0.2) is 19.0 Å². The van der Waals surface area contributed by atoms with Gasteiger partial charge in [-0.25, -0.2) is 0 Å². The molecule has 0 saturated carbocycles. The minimum atomic E-state index is -4.22. The highest BCUT2D eigenvalue weighted by molar-refractivity contribution is 7.85. The second-order valence-corrected chi connectivity index (χ2v) is 10.4. The molecule has 180 valence electrons. The Morgan fingerprint density at radius 2 is 1.29 bits per heavy atom. The number of nitrogens with one attached hydrogen (secondary N) is 1. The molecule has 4 N–H and O–H groups in total. The summed E-state index contributed by atoms with van der Waals surface area (Å²) in [5.74, 6) is 0. The normalized spacial score (nSPS) is 12.7. The summed E-state index contributed by atoms with van der Waals surface area (Å²) in [6.45, 7) is 4.38. The van der Waals surface area contributed by atoms with Gasteiger partial charge in [0.05, 0.1) is 16.3 Å². The number of rotatable bonds is 19. The van der Waals surface area contributed by atoms with Gasteiger partial charge < -0.3 is 11.1 Å². The monoisotopic (exact) mass is 454 g/mol. The summed E-state index contributed by atoms with van der Waals surface area (Å²) < 4.78 is 31.4. The first-order valence-corrected chi connectivity index (χ1v) is 13.9. The fourth-order valence-corrected chi connectivity index (χ4v) is 4.51. The number of nitrogens with two attached hydrogens (primary N) is 1. The van der Waals surface area contributed by atoms with Crippen LogP contribution < -0.4 is 11.1 Å². The minimum Gasteiger partial charge on any atom is -0.397 e. The third-order valence-electron chi connectivity index (χ3n) is 5.96. The Morgan fingerprint density at radius 1 is 0.839 bits per heavy atom. The van der Waals surface area contributed by atoms with Gasteiger partial charge in [0, 0.05) is 6.04 Å². The molecule has 1 atom stereocenters. The Hall–Kier alpha value is -1.27. The zero-order valence-electron chi connectivity index (χ0n) is 19.9. The molecular formula is C25H46N2O3S. The van der Waals surface area contributed by atoms with Crippen LogP contribution in [0.1, 0.15) is 117 Å². The molecule has 1 aromatic carbocycles. The van der Waals surface area contributed by atoms with Gasteiger partial charge in [-0.3, -0.25) is 4.55 Å². The zero-order valence-corrected chi connectivity index (χ0v) is 20.7. The summed E-state index contributed by atoms with van der Waals surface area (Å²) in [5, 5.41) is 3.34. The van der Waals surface area contributed by atoms with Gasteiger partial charge in [0.15, 0.2) is 0 Å². The van der Waals surface area contributed by atoms with E-state index in [0.717, 1.165) is 6.42 Å². The van der Waals surface area contributed by atoms with Crippen LogP contribution in [0.15, 0.2) is 23.1 Å². The second kappa shape index (κ2) is 16.4. The third-order valence-corrected chi connectivity index (χ3v) is 6.81. The molecule has 31 heavy (non-hydrogen) atoms. The molecule has 1 unspecified atom stereocenters. The van der Waals surface area contributed by atoms with Crippen LogP contribution in [0.5, 0.6) is 0 Å². The Balaban J connectivity index is 1.99. The highest BCUT2D eigenvalue weighted by Crippen LogP contribution is 2.24. The smallest absolute Gasteiger partial charge is 0.294 e. The van der Waals surface area contributed by atoms with Crippen molar-refractivity contribution in [2.75, 3.05) is 11.1 Å². The molecule has 5 nitrogen and oxygen atoms in total. The molecule has 1 rings (SSSR count). The Morgan fingerprint density at radius 3 is 1.71 bits per heavy atom. The lowest BCUT2D eigenvalue weighted by atomic mass is 10.0. The number of unbranched alkanes of at least 4 members (excludes halogenated alkanes) is 14. The van der Waals surface area contributed by atoms with Crippen molar-refractivity contribution in [2.45, 2.75) is 128 Å². The van der Waals surface area contributed by atoms with Crippen molar-refractivity contribution in [3.8, 4) is 0 Å². The van der Waals surface area contributed by atoms with Gasteiger partial charge in [-0.05, 0) is 31.5 Å². The average molecular weight is 455 g/mol. The van der Waals surface area contributed by atoms with E-state index < -0.39 is 10.1 Å². The number of nitrogen functional groups attached to an aromatic ring is 1. The fraction of sp³-hybridized carbons (Fsp3) is 0.760. The Bertz CT molecular complexity index is 692. The van der Waals surface area contributed by atoms with Crippen LogP contribution in [0.3, 0.4) is 0 Å². The maximum Gasteiger partial charge on any atom is 0.294 e. The van der Waals surface area contributed by atoms with Crippen molar-refractivity contribution in [1.82, 2.24) is 0 Å². The van der Waals surface area contributed by atoms with E-state index >= 15 is 0 Å². The van der Waals surface area contributed by atoms with Crippen molar-refractivity contribution in [3.05, 3.63) is 18.2 Å². The van der Waals surface area contributed by atoms with Crippen LogP contribution in [0, 0.1) is 0 Å². The molecular weight excluding hydrogens is 408 g/mol. The SMILES string of the molecule is CCCCCCCCCCCCCCCCCC(C)Nc1ccc(S(=O)(=O)O)cc1N. The van der Waals surface area contributed by atoms with Gasteiger partial charge in [0.2, 0.25) is 0 Å². The van der Waals surface area contributed by atoms with Gasteiger partial charge >= 0.3 is 0 Å². The summed E-state index contributed by atoms with van der Waals surface area (Å²) in [7, 11) is -4.22. The van der Waals surface area contributed by atoms with Crippen LogP contribution in [0.25, 0.3) is 0 Å². The largest absolute Gasteiger partial charge is 0.397 e. The lowest BCUT2D eigenvalue weighted by molar-refractivity contribution is 0.483. The van der Waals surface area contributed by atoms with E-state index in [1.807, 2.05) is 0 Å². The number of anilines is 2. The van der Waals surface area contributed by atoms with Gasteiger partial charge in [0.1, 0.15) is 0 Å². The molecule has 0 aliphatic rings. The quantitative estimate of drug-likeness (QED) is 0.114. The zero-order chi connectivity index (χ0) is 23.0. The molecule has 6 heteroatoms. The predicted octanol–water partition coefficient (Wildman–Crippen LogP) is 7.58. The van der Waals surface area contributed by atoms with Crippen LogP contribution in [0.4, 0.5) is 11.4 Å². The number of hydrogen-bond donors (Lipinski definition) is 3. The fourth-order valence-electron chi connectivity index (χ4n) is 3.99. The number of benzene rings is 1. The highest BCUT2D eigenvalue weighted by Gasteiger charge is 2.12. The Labute approximate surface area is 191 Å². The van der Waals surface area contributed by atoms with Crippen molar-refractivity contribution < 1.29 is 13.0 Å². The lowest BCUT2D eigenvalue weighted by Gasteiger charge is -2.17. The molecule has 0 aliphatic carbocycles. The summed E-state index contributed by atoms with van der Waals surface area (Å²) in [6.07, 6.45) is 21.5. The molecule has 0 radical (unpaired) electrons. The predicted molar refractivity (Wildman–Crippen MR) is 133 cm³/mol. The minimum absolute atomic E-state index is 0.175. The summed E-state index contributed by atoms with van der Waals surface area (Å²) in [6, 6.07) is 4.54. The molecule has 0 fully saturated rings. The van der Waals surface area contributed by atoms with Crippen LogP contribution in [-0.2, 0) is 10.1 Å². The molecule has 0 aliphatic heterocycles. The maximum absolute atomic E-state index is 11.2.